The molecule has 0 aliphatic heterocycles. The Morgan fingerprint density at radius 2 is 2.44 bits per heavy atom. The van der Waals surface area contributed by atoms with Crippen molar-refractivity contribution in [3.05, 3.63) is 16.1 Å². The normalized spacial score (nSPS) is 17.1. The summed E-state index contributed by atoms with van der Waals surface area (Å²) in [6.07, 6.45) is 3.00. The van der Waals surface area contributed by atoms with Crippen LogP contribution >= 0.6 is 11.3 Å². The minimum absolute atomic E-state index is 0.0378. The molecule has 1 aromatic rings. The molecule has 2 N–H and O–H groups in total. The van der Waals surface area contributed by atoms with E-state index in [9.17, 15) is 4.79 Å². The average molecular weight is 240 g/mol. The summed E-state index contributed by atoms with van der Waals surface area (Å²) in [4.78, 5) is 16.5. The summed E-state index contributed by atoms with van der Waals surface area (Å²) in [5, 5.41) is 11.8. The molecule has 0 aromatic carbocycles. The number of carbonyl (C=O) groups excluding carboxylic acids is 1. The molecule has 0 radical (unpaired) electrons. The molecule has 16 heavy (non-hydrogen) atoms. The van der Waals surface area contributed by atoms with Crippen LogP contribution in [0.25, 0.3) is 0 Å². The minimum Gasteiger partial charge on any atom is -0.396 e. The van der Waals surface area contributed by atoms with Crippen LogP contribution in [0, 0.1) is 12.3 Å². The second-order valence-electron chi connectivity index (χ2n) is 4.42. The lowest BCUT2D eigenvalue weighted by atomic mass is 10.0. The van der Waals surface area contributed by atoms with Gasteiger partial charge in [-0.25, -0.2) is 4.98 Å². The molecule has 1 amide bonds. The Balaban J connectivity index is 1.87. The fraction of sp³-hybridized carbons (Fsp3) is 0.636. The number of aliphatic hydroxyl groups is 1. The summed E-state index contributed by atoms with van der Waals surface area (Å²) >= 11 is 1.37. The minimum atomic E-state index is -0.0378. The predicted octanol–water partition coefficient (Wildman–Crippen LogP) is 1.34. The predicted molar refractivity (Wildman–Crippen MR) is 62.6 cm³/mol. The lowest BCUT2D eigenvalue weighted by Gasteiger charge is -2.13. The van der Waals surface area contributed by atoms with Gasteiger partial charge in [0.2, 0.25) is 0 Å². The Labute approximate surface area is 98.7 Å². The van der Waals surface area contributed by atoms with Gasteiger partial charge in [0.1, 0.15) is 4.88 Å². The molecule has 1 aromatic heterocycles. The van der Waals surface area contributed by atoms with E-state index in [0.29, 0.717) is 11.4 Å². The number of thiazole rings is 1. The van der Waals surface area contributed by atoms with Gasteiger partial charge in [-0.1, -0.05) is 0 Å². The van der Waals surface area contributed by atoms with Crippen LogP contribution in [0.5, 0.6) is 0 Å². The van der Waals surface area contributed by atoms with Gasteiger partial charge in [0.25, 0.3) is 5.91 Å². The second-order valence-corrected chi connectivity index (χ2v) is 5.28. The van der Waals surface area contributed by atoms with Gasteiger partial charge >= 0.3 is 0 Å². The third-order valence-corrected chi connectivity index (χ3v) is 4.10. The van der Waals surface area contributed by atoms with E-state index in [2.05, 4.69) is 10.3 Å². The number of rotatable bonds is 5. The van der Waals surface area contributed by atoms with Crippen molar-refractivity contribution in [1.82, 2.24) is 10.3 Å². The van der Waals surface area contributed by atoms with Crippen molar-refractivity contribution in [3.8, 4) is 0 Å². The maximum Gasteiger partial charge on any atom is 0.263 e. The summed E-state index contributed by atoms with van der Waals surface area (Å²) in [5.41, 5.74) is 2.64. The van der Waals surface area contributed by atoms with Crippen LogP contribution < -0.4 is 5.32 Å². The highest BCUT2D eigenvalue weighted by molar-refractivity contribution is 7.11. The Bertz CT molecular complexity index is 385. The van der Waals surface area contributed by atoms with Gasteiger partial charge in [-0.05, 0) is 31.6 Å². The van der Waals surface area contributed by atoms with E-state index in [-0.39, 0.29) is 17.9 Å². The van der Waals surface area contributed by atoms with E-state index in [0.717, 1.165) is 25.0 Å². The second kappa shape index (κ2) is 4.51. The molecular formula is C11H16N2O2S. The van der Waals surface area contributed by atoms with Gasteiger partial charge in [-0.15, -0.1) is 11.3 Å². The molecular weight excluding hydrogens is 224 g/mol. The number of aromatic nitrogens is 1. The largest absolute Gasteiger partial charge is 0.396 e. The quantitative estimate of drug-likeness (QED) is 0.816. The SMILES string of the molecule is Cc1ncsc1C(=O)NCC1(CCO)CC1. The first-order chi connectivity index (χ1) is 7.67. The number of nitrogens with zero attached hydrogens (tertiary/aromatic N) is 1. The third kappa shape index (κ3) is 2.41. The van der Waals surface area contributed by atoms with E-state index in [1.807, 2.05) is 6.92 Å². The van der Waals surface area contributed by atoms with Gasteiger partial charge in [-0.2, -0.15) is 0 Å². The van der Waals surface area contributed by atoms with Gasteiger partial charge in [-0.3, -0.25) is 4.79 Å². The Morgan fingerprint density at radius 3 is 2.94 bits per heavy atom. The molecule has 1 saturated carbocycles. The van der Waals surface area contributed by atoms with Crippen molar-refractivity contribution >= 4 is 17.2 Å². The van der Waals surface area contributed by atoms with Crippen LogP contribution in [0.4, 0.5) is 0 Å². The topological polar surface area (TPSA) is 62.2 Å². The standard InChI is InChI=1S/C11H16N2O2S/c1-8-9(16-7-13-8)10(15)12-6-11(2-3-11)4-5-14/h7,14H,2-6H2,1H3,(H,12,15). The molecule has 1 aliphatic rings. The summed E-state index contributed by atoms with van der Waals surface area (Å²) < 4.78 is 0. The number of nitrogens with one attached hydrogen (secondary N) is 1. The molecule has 0 unspecified atom stereocenters. The van der Waals surface area contributed by atoms with Crippen LogP contribution in [0.2, 0.25) is 0 Å². The number of aliphatic hydroxyl groups excluding tert-OH is 1. The highest BCUT2D eigenvalue weighted by atomic mass is 32.1. The monoisotopic (exact) mass is 240 g/mol. The molecule has 0 atom stereocenters. The number of hydrogen-bond donors (Lipinski definition) is 2. The van der Waals surface area contributed by atoms with Crippen LogP contribution in [0.15, 0.2) is 5.51 Å². The van der Waals surface area contributed by atoms with E-state index in [1.165, 1.54) is 11.3 Å². The average Bonchev–Trinajstić information content (AvgIpc) is 2.89. The zero-order chi connectivity index (χ0) is 11.6. The van der Waals surface area contributed by atoms with Crippen LogP contribution in [-0.2, 0) is 0 Å². The molecule has 0 spiro atoms. The smallest absolute Gasteiger partial charge is 0.263 e. The van der Waals surface area contributed by atoms with Crippen molar-refractivity contribution in [1.29, 1.82) is 0 Å². The van der Waals surface area contributed by atoms with Crippen LogP contribution in [0.1, 0.15) is 34.6 Å². The fourth-order valence-electron chi connectivity index (χ4n) is 1.80. The van der Waals surface area contributed by atoms with E-state index < -0.39 is 0 Å². The lowest BCUT2D eigenvalue weighted by molar-refractivity contribution is 0.0944. The van der Waals surface area contributed by atoms with E-state index in [4.69, 9.17) is 5.11 Å². The molecule has 88 valence electrons. The third-order valence-electron chi connectivity index (χ3n) is 3.17. The number of amides is 1. The number of aryl methyl sites for hydroxylation is 1. The molecule has 0 bridgehead atoms. The zero-order valence-electron chi connectivity index (χ0n) is 9.32. The molecule has 2 rings (SSSR count). The summed E-state index contributed by atoms with van der Waals surface area (Å²) in [6.45, 7) is 2.71. The highest BCUT2D eigenvalue weighted by Gasteiger charge is 2.41. The lowest BCUT2D eigenvalue weighted by Crippen LogP contribution is -2.30. The maximum absolute atomic E-state index is 11.8. The van der Waals surface area contributed by atoms with E-state index >= 15 is 0 Å². The summed E-state index contributed by atoms with van der Waals surface area (Å²) in [5.74, 6) is -0.0378. The molecule has 0 saturated heterocycles. The number of carbonyl (C=O) groups is 1. The molecule has 1 aliphatic carbocycles. The van der Waals surface area contributed by atoms with Crippen molar-refractivity contribution < 1.29 is 9.90 Å². The van der Waals surface area contributed by atoms with Crippen molar-refractivity contribution in [3.63, 3.8) is 0 Å². The Hall–Kier alpha value is -0.940. The number of hydrogen-bond acceptors (Lipinski definition) is 4. The molecule has 5 heteroatoms. The Morgan fingerprint density at radius 1 is 1.69 bits per heavy atom. The molecule has 1 heterocycles. The van der Waals surface area contributed by atoms with Gasteiger partial charge in [0.15, 0.2) is 0 Å². The van der Waals surface area contributed by atoms with Gasteiger partial charge in [0.05, 0.1) is 11.2 Å². The molecule has 1 fully saturated rings. The van der Waals surface area contributed by atoms with E-state index in [1.54, 1.807) is 5.51 Å². The van der Waals surface area contributed by atoms with Gasteiger partial charge < -0.3 is 10.4 Å². The first-order valence-electron chi connectivity index (χ1n) is 5.46. The fourth-order valence-corrected chi connectivity index (χ4v) is 2.52. The Kier molecular flexibility index (Phi) is 3.25. The summed E-state index contributed by atoms with van der Waals surface area (Å²) in [6, 6.07) is 0. The molecule has 4 nitrogen and oxygen atoms in total. The summed E-state index contributed by atoms with van der Waals surface area (Å²) in [7, 11) is 0. The van der Waals surface area contributed by atoms with Crippen LogP contribution in [-0.4, -0.2) is 29.1 Å². The maximum atomic E-state index is 11.8. The van der Waals surface area contributed by atoms with Crippen molar-refractivity contribution in [2.75, 3.05) is 13.2 Å². The first-order valence-corrected chi connectivity index (χ1v) is 6.34. The first kappa shape index (κ1) is 11.5. The van der Waals surface area contributed by atoms with Crippen molar-refractivity contribution in [2.45, 2.75) is 26.2 Å². The van der Waals surface area contributed by atoms with Crippen LogP contribution in [0.3, 0.4) is 0 Å². The van der Waals surface area contributed by atoms with Crippen molar-refractivity contribution in [2.24, 2.45) is 5.41 Å². The highest BCUT2D eigenvalue weighted by Crippen LogP contribution is 2.47. The zero-order valence-corrected chi connectivity index (χ0v) is 10.1. The van der Waals surface area contributed by atoms with Gasteiger partial charge in [0, 0.05) is 13.2 Å².